The van der Waals surface area contributed by atoms with Crippen molar-refractivity contribution in [1.29, 1.82) is 0 Å². The summed E-state index contributed by atoms with van der Waals surface area (Å²) in [5, 5.41) is 8.62. The predicted octanol–water partition coefficient (Wildman–Crippen LogP) is 2.13. The van der Waals surface area contributed by atoms with Crippen LogP contribution in [0.25, 0.3) is 0 Å². The van der Waals surface area contributed by atoms with Crippen LogP contribution in [0.1, 0.15) is 47.5 Å². The van der Waals surface area contributed by atoms with Crippen molar-refractivity contribution in [1.82, 2.24) is 4.90 Å². The lowest BCUT2D eigenvalue weighted by Gasteiger charge is -2.29. The van der Waals surface area contributed by atoms with Crippen LogP contribution >= 0.6 is 0 Å². The molecule has 0 heterocycles. The Hall–Kier alpha value is -1.06. The second-order valence-electron chi connectivity index (χ2n) is 5.56. The standard InChI is InChI=1S/C12H23NO3/c1-9(2)13(7-6-11(15)16)10(14)8-12(3,4)5/h9H,6-8H2,1-5H3,(H,15,16). The van der Waals surface area contributed by atoms with Crippen molar-refractivity contribution >= 4 is 11.9 Å². The van der Waals surface area contributed by atoms with Crippen LogP contribution in [0.2, 0.25) is 0 Å². The zero-order valence-corrected chi connectivity index (χ0v) is 10.9. The Morgan fingerprint density at radius 3 is 2.06 bits per heavy atom. The average molecular weight is 229 g/mol. The molecular weight excluding hydrogens is 206 g/mol. The zero-order valence-electron chi connectivity index (χ0n) is 10.9. The third-order valence-corrected chi connectivity index (χ3v) is 2.19. The summed E-state index contributed by atoms with van der Waals surface area (Å²) in [7, 11) is 0. The Balaban J connectivity index is 4.42. The highest BCUT2D eigenvalue weighted by molar-refractivity contribution is 5.77. The first-order chi connectivity index (χ1) is 7.13. The molecule has 0 aliphatic heterocycles. The molecule has 0 radical (unpaired) electrons. The number of rotatable bonds is 5. The van der Waals surface area contributed by atoms with E-state index in [1.807, 2.05) is 34.6 Å². The summed E-state index contributed by atoms with van der Waals surface area (Å²) < 4.78 is 0. The molecule has 0 rings (SSSR count). The summed E-state index contributed by atoms with van der Waals surface area (Å²) in [6.45, 7) is 10.1. The van der Waals surface area contributed by atoms with Gasteiger partial charge >= 0.3 is 5.97 Å². The van der Waals surface area contributed by atoms with Crippen LogP contribution in [0.4, 0.5) is 0 Å². The van der Waals surface area contributed by atoms with Gasteiger partial charge in [-0.3, -0.25) is 9.59 Å². The van der Waals surface area contributed by atoms with Gasteiger partial charge in [-0.2, -0.15) is 0 Å². The van der Waals surface area contributed by atoms with E-state index >= 15 is 0 Å². The highest BCUT2D eigenvalue weighted by Crippen LogP contribution is 2.20. The first-order valence-corrected chi connectivity index (χ1v) is 5.65. The molecule has 0 spiro atoms. The maximum Gasteiger partial charge on any atom is 0.305 e. The van der Waals surface area contributed by atoms with Crippen LogP contribution < -0.4 is 0 Å². The Morgan fingerprint density at radius 2 is 1.75 bits per heavy atom. The number of carbonyl (C=O) groups is 2. The fourth-order valence-corrected chi connectivity index (χ4v) is 1.44. The van der Waals surface area contributed by atoms with E-state index in [0.29, 0.717) is 13.0 Å². The van der Waals surface area contributed by atoms with Crippen molar-refractivity contribution < 1.29 is 14.7 Å². The third-order valence-electron chi connectivity index (χ3n) is 2.19. The topological polar surface area (TPSA) is 57.6 Å². The van der Waals surface area contributed by atoms with E-state index in [2.05, 4.69) is 0 Å². The fourth-order valence-electron chi connectivity index (χ4n) is 1.44. The van der Waals surface area contributed by atoms with Crippen LogP contribution in [-0.4, -0.2) is 34.5 Å². The molecule has 0 aromatic rings. The predicted molar refractivity (Wildman–Crippen MR) is 63.2 cm³/mol. The fraction of sp³-hybridized carbons (Fsp3) is 0.833. The molecule has 0 aromatic carbocycles. The monoisotopic (exact) mass is 229 g/mol. The molecule has 1 N–H and O–H groups in total. The number of hydrogen-bond acceptors (Lipinski definition) is 2. The Bertz CT molecular complexity index is 253. The van der Waals surface area contributed by atoms with Crippen LogP contribution in [0.15, 0.2) is 0 Å². The van der Waals surface area contributed by atoms with Crippen molar-refractivity contribution in [2.24, 2.45) is 5.41 Å². The van der Waals surface area contributed by atoms with Crippen molar-refractivity contribution in [2.45, 2.75) is 53.5 Å². The maximum atomic E-state index is 11.9. The highest BCUT2D eigenvalue weighted by Gasteiger charge is 2.23. The number of hydrogen-bond donors (Lipinski definition) is 1. The Morgan fingerprint density at radius 1 is 1.25 bits per heavy atom. The number of carbonyl (C=O) groups excluding carboxylic acids is 1. The molecule has 0 saturated carbocycles. The number of amides is 1. The molecule has 0 unspecified atom stereocenters. The normalized spacial score (nSPS) is 11.6. The van der Waals surface area contributed by atoms with Gasteiger partial charge in [0.2, 0.25) is 5.91 Å². The summed E-state index contributed by atoms with van der Waals surface area (Å²) in [5.41, 5.74) is -0.0621. The molecule has 0 aliphatic carbocycles. The van der Waals surface area contributed by atoms with E-state index in [1.165, 1.54) is 0 Å². The van der Waals surface area contributed by atoms with Gasteiger partial charge in [0.15, 0.2) is 0 Å². The van der Waals surface area contributed by atoms with Crippen LogP contribution in [0.3, 0.4) is 0 Å². The molecule has 94 valence electrons. The molecule has 0 aliphatic rings. The first kappa shape index (κ1) is 14.9. The van der Waals surface area contributed by atoms with E-state index < -0.39 is 5.97 Å². The molecule has 4 nitrogen and oxygen atoms in total. The molecule has 0 aromatic heterocycles. The number of carboxylic acids is 1. The third kappa shape index (κ3) is 6.43. The van der Waals surface area contributed by atoms with Crippen molar-refractivity contribution in [2.75, 3.05) is 6.54 Å². The van der Waals surface area contributed by atoms with Gasteiger partial charge in [-0.1, -0.05) is 20.8 Å². The molecule has 0 saturated heterocycles. The summed E-state index contributed by atoms with van der Waals surface area (Å²) in [4.78, 5) is 24.1. The van der Waals surface area contributed by atoms with E-state index in [9.17, 15) is 9.59 Å². The van der Waals surface area contributed by atoms with Crippen LogP contribution in [0.5, 0.6) is 0 Å². The first-order valence-electron chi connectivity index (χ1n) is 5.65. The molecule has 0 fully saturated rings. The van der Waals surface area contributed by atoms with E-state index in [1.54, 1.807) is 4.90 Å². The Labute approximate surface area is 97.6 Å². The molecule has 4 heteroatoms. The van der Waals surface area contributed by atoms with Gasteiger partial charge in [-0.25, -0.2) is 0 Å². The van der Waals surface area contributed by atoms with E-state index in [4.69, 9.17) is 5.11 Å². The summed E-state index contributed by atoms with van der Waals surface area (Å²) in [6.07, 6.45) is 0.457. The van der Waals surface area contributed by atoms with Crippen molar-refractivity contribution in [3.63, 3.8) is 0 Å². The summed E-state index contributed by atoms with van der Waals surface area (Å²) in [6, 6.07) is 0.0502. The largest absolute Gasteiger partial charge is 0.481 e. The minimum Gasteiger partial charge on any atom is -0.481 e. The number of nitrogens with zero attached hydrogens (tertiary/aromatic N) is 1. The van der Waals surface area contributed by atoms with Gasteiger partial charge in [-0.15, -0.1) is 0 Å². The van der Waals surface area contributed by atoms with Gasteiger partial charge in [0, 0.05) is 19.0 Å². The summed E-state index contributed by atoms with van der Waals surface area (Å²) in [5.74, 6) is -0.835. The van der Waals surface area contributed by atoms with Gasteiger partial charge in [0.1, 0.15) is 0 Å². The smallest absolute Gasteiger partial charge is 0.305 e. The second kappa shape index (κ2) is 5.87. The minimum absolute atomic E-state index is 0.00800. The van der Waals surface area contributed by atoms with Crippen molar-refractivity contribution in [3.8, 4) is 0 Å². The van der Waals surface area contributed by atoms with Gasteiger partial charge < -0.3 is 10.0 Å². The molecule has 16 heavy (non-hydrogen) atoms. The van der Waals surface area contributed by atoms with Crippen LogP contribution in [-0.2, 0) is 9.59 Å². The highest BCUT2D eigenvalue weighted by atomic mass is 16.4. The lowest BCUT2D eigenvalue weighted by atomic mass is 9.91. The Kier molecular flexibility index (Phi) is 5.48. The van der Waals surface area contributed by atoms with E-state index in [-0.39, 0.29) is 23.8 Å². The van der Waals surface area contributed by atoms with Crippen molar-refractivity contribution in [3.05, 3.63) is 0 Å². The number of aliphatic carboxylic acids is 1. The summed E-state index contributed by atoms with van der Waals surface area (Å²) >= 11 is 0. The minimum atomic E-state index is -0.866. The van der Waals surface area contributed by atoms with Gasteiger partial charge in [-0.05, 0) is 19.3 Å². The van der Waals surface area contributed by atoms with Gasteiger partial charge in [0.05, 0.1) is 6.42 Å². The lowest BCUT2D eigenvalue weighted by molar-refractivity contribution is -0.139. The number of carboxylic acid groups (broad SMARTS) is 1. The molecule has 1 amide bonds. The molecular formula is C12H23NO3. The molecule has 0 atom stereocenters. The van der Waals surface area contributed by atoms with E-state index in [0.717, 1.165) is 0 Å². The lowest BCUT2D eigenvalue weighted by Crippen LogP contribution is -2.40. The quantitative estimate of drug-likeness (QED) is 0.785. The average Bonchev–Trinajstić information content (AvgIpc) is 1.98. The zero-order chi connectivity index (χ0) is 12.9. The second-order valence-corrected chi connectivity index (χ2v) is 5.56. The maximum absolute atomic E-state index is 11.9. The molecule has 0 bridgehead atoms. The van der Waals surface area contributed by atoms with Gasteiger partial charge in [0.25, 0.3) is 0 Å². The SMILES string of the molecule is CC(C)N(CCC(=O)O)C(=O)CC(C)(C)C. The van der Waals surface area contributed by atoms with Crippen LogP contribution in [0, 0.1) is 5.41 Å².